The fourth-order valence-corrected chi connectivity index (χ4v) is 3.16. The molecule has 0 saturated heterocycles. The van der Waals surface area contributed by atoms with Crippen molar-refractivity contribution in [2.24, 2.45) is 0 Å². The molecular formula is C14H18ClNO3S. The lowest BCUT2D eigenvalue weighted by molar-refractivity contribution is 0.0597. The monoisotopic (exact) mass is 315 g/mol. The molecular weight excluding hydrogens is 298 g/mol. The van der Waals surface area contributed by atoms with Crippen LogP contribution in [0.2, 0.25) is 5.02 Å². The van der Waals surface area contributed by atoms with Gasteiger partial charge in [-0.3, -0.25) is 0 Å². The van der Waals surface area contributed by atoms with E-state index in [0.29, 0.717) is 16.3 Å². The second-order valence-electron chi connectivity index (χ2n) is 5.19. The van der Waals surface area contributed by atoms with Crippen molar-refractivity contribution in [3.63, 3.8) is 0 Å². The van der Waals surface area contributed by atoms with Crippen molar-refractivity contribution in [2.45, 2.75) is 5.03 Å². The molecule has 0 aliphatic heterocycles. The maximum absolute atomic E-state index is 11.8. The highest BCUT2D eigenvalue weighted by Crippen LogP contribution is 2.48. The van der Waals surface area contributed by atoms with Crippen LogP contribution in [0.1, 0.15) is 10.4 Å². The zero-order chi connectivity index (χ0) is 15.1. The highest BCUT2D eigenvalue weighted by molar-refractivity contribution is 8.32. The van der Waals surface area contributed by atoms with Crippen molar-refractivity contribution < 1.29 is 14.3 Å². The largest absolute Gasteiger partial charge is 0.495 e. The maximum atomic E-state index is 11.8. The number of hydrogen-bond acceptors (Lipinski definition) is 3. The molecule has 0 atom stereocenters. The Morgan fingerprint density at radius 3 is 2.40 bits per heavy atom. The van der Waals surface area contributed by atoms with Gasteiger partial charge in [0.2, 0.25) is 0 Å². The van der Waals surface area contributed by atoms with Crippen molar-refractivity contribution in [2.75, 3.05) is 33.0 Å². The number of esters is 1. The van der Waals surface area contributed by atoms with Crippen molar-refractivity contribution in [1.82, 2.24) is 4.98 Å². The summed E-state index contributed by atoms with van der Waals surface area (Å²) in [4.78, 5) is 15.2. The average Bonchev–Trinajstić information content (AvgIpc) is 2.83. The van der Waals surface area contributed by atoms with E-state index in [1.807, 2.05) is 6.07 Å². The van der Waals surface area contributed by atoms with Crippen molar-refractivity contribution >= 4 is 38.5 Å². The van der Waals surface area contributed by atoms with Gasteiger partial charge in [-0.25, -0.2) is 14.8 Å². The number of aromatic amines is 1. The van der Waals surface area contributed by atoms with Crippen molar-refractivity contribution in [3.8, 4) is 5.75 Å². The first kappa shape index (κ1) is 15.1. The van der Waals surface area contributed by atoms with E-state index in [-0.39, 0.29) is 0 Å². The van der Waals surface area contributed by atoms with Gasteiger partial charge in [0.1, 0.15) is 11.3 Å². The molecule has 2 aromatic rings. The summed E-state index contributed by atoms with van der Waals surface area (Å²) < 4.78 is 10.2. The molecule has 0 saturated carbocycles. The molecule has 1 heterocycles. The maximum Gasteiger partial charge on any atom is 0.341 e. The number of methoxy groups -OCH3 is 2. The summed E-state index contributed by atoms with van der Waals surface area (Å²) in [7, 11) is 1.94. The Hall–Kier alpha value is -1.33. The second-order valence-corrected chi connectivity index (χ2v) is 9.71. The van der Waals surface area contributed by atoms with E-state index < -0.39 is 16.0 Å². The van der Waals surface area contributed by atoms with Gasteiger partial charge < -0.3 is 14.5 Å². The predicted octanol–water partition coefficient (Wildman–Crippen LogP) is 3.67. The SMILES string of the molecule is COC(=O)c1cc(Cl)c2[nH]c(S(C)(C)C)cc2c1OC. The van der Waals surface area contributed by atoms with Gasteiger partial charge in [-0.05, 0) is 30.9 Å². The van der Waals surface area contributed by atoms with E-state index in [4.69, 9.17) is 21.1 Å². The number of aromatic nitrogens is 1. The molecule has 0 fully saturated rings. The van der Waals surface area contributed by atoms with Crippen LogP contribution in [-0.2, 0) is 4.74 Å². The molecule has 0 amide bonds. The minimum atomic E-state index is -0.931. The Bertz CT molecular complexity index is 673. The highest BCUT2D eigenvalue weighted by atomic mass is 35.5. The Morgan fingerprint density at radius 2 is 1.90 bits per heavy atom. The van der Waals surface area contributed by atoms with Crippen LogP contribution in [0.15, 0.2) is 17.2 Å². The minimum absolute atomic E-state index is 0.335. The fourth-order valence-electron chi connectivity index (χ4n) is 2.02. The Balaban J connectivity index is 2.79. The summed E-state index contributed by atoms with van der Waals surface area (Å²) in [6.45, 7) is 0. The Kier molecular flexibility index (Phi) is 3.93. The first-order valence-corrected chi connectivity index (χ1v) is 9.19. The number of ether oxygens (including phenoxy) is 2. The van der Waals surface area contributed by atoms with Crippen LogP contribution in [0.25, 0.3) is 10.9 Å². The molecule has 20 heavy (non-hydrogen) atoms. The molecule has 4 nitrogen and oxygen atoms in total. The lowest BCUT2D eigenvalue weighted by atomic mass is 10.1. The molecule has 0 aliphatic carbocycles. The van der Waals surface area contributed by atoms with Gasteiger partial charge in [0.05, 0.1) is 29.8 Å². The third kappa shape index (κ3) is 2.47. The van der Waals surface area contributed by atoms with Crippen LogP contribution in [0.5, 0.6) is 5.75 Å². The number of nitrogens with one attached hydrogen (secondary N) is 1. The number of hydrogen-bond donors (Lipinski definition) is 1. The summed E-state index contributed by atoms with van der Waals surface area (Å²) in [5, 5.41) is 2.39. The summed E-state index contributed by atoms with van der Waals surface area (Å²) in [5.41, 5.74) is 1.12. The van der Waals surface area contributed by atoms with Crippen LogP contribution in [0.4, 0.5) is 0 Å². The smallest absolute Gasteiger partial charge is 0.341 e. The number of carbonyl (C=O) groups is 1. The normalized spacial score (nSPS) is 12.5. The quantitative estimate of drug-likeness (QED) is 0.879. The van der Waals surface area contributed by atoms with Crippen LogP contribution in [-0.4, -0.2) is 43.9 Å². The summed E-state index contributed by atoms with van der Waals surface area (Å²) in [6, 6.07) is 3.58. The number of benzene rings is 1. The highest BCUT2D eigenvalue weighted by Gasteiger charge is 2.22. The van der Waals surface area contributed by atoms with E-state index in [1.54, 1.807) is 6.07 Å². The third-order valence-corrected chi connectivity index (χ3v) is 4.90. The van der Waals surface area contributed by atoms with E-state index in [9.17, 15) is 4.79 Å². The molecule has 0 aliphatic rings. The molecule has 0 unspecified atom stereocenters. The van der Waals surface area contributed by atoms with Crippen molar-refractivity contribution in [1.29, 1.82) is 0 Å². The number of carbonyl (C=O) groups excluding carboxylic acids is 1. The Morgan fingerprint density at radius 1 is 1.25 bits per heavy atom. The summed E-state index contributed by atoms with van der Waals surface area (Å²) >= 11 is 6.27. The van der Waals surface area contributed by atoms with Crippen LogP contribution < -0.4 is 4.74 Å². The van der Waals surface area contributed by atoms with Crippen molar-refractivity contribution in [3.05, 3.63) is 22.7 Å². The van der Waals surface area contributed by atoms with Crippen LogP contribution in [0, 0.1) is 0 Å². The number of fused-ring (bicyclic) bond motifs is 1. The minimum Gasteiger partial charge on any atom is -0.495 e. The van der Waals surface area contributed by atoms with Gasteiger partial charge in [0.15, 0.2) is 0 Å². The second kappa shape index (κ2) is 5.22. The molecule has 1 aromatic carbocycles. The van der Waals surface area contributed by atoms with Crippen LogP contribution >= 0.6 is 21.6 Å². The van der Waals surface area contributed by atoms with E-state index in [2.05, 4.69) is 23.8 Å². The lowest BCUT2D eigenvalue weighted by Crippen LogP contribution is -2.04. The molecule has 0 spiro atoms. The first-order chi connectivity index (χ1) is 9.29. The number of rotatable bonds is 3. The van der Waals surface area contributed by atoms with Gasteiger partial charge in [0, 0.05) is 5.39 Å². The molecule has 0 bridgehead atoms. The molecule has 1 N–H and O–H groups in total. The first-order valence-electron chi connectivity index (χ1n) is 5.95. The standard InChI is InChI=1S/C14H18ClNO3S/c1-18-13-8-7-11(20(3,4)5)16-12(8)10(15)6-9(13)14(17)19-2/h6-7,16H,1-5H3. The van der Waals surface area contributed by atoms with Gasteiger partial charge in [-0.15, -0.1) is 0 Å². The van der Waals surface area contributed by atoms with E-state index in [0.717, 1.165) is 15.9 Å². The zero-order valence-corrected chi connectivity index (χ0v) is 13.7. The molecule has 0 radical (unpaired) electrons. The van der Waals surface area contributed by atoms with Gasteiger partial charge in [-0.2, -0.15) is 0 Å². The Labute approximate surface area is 124 Å². The summed E-state index contributed by atoms with van der Waals surface area (Å²) in [5.74, 6) is 0.0268. The van der Waals surface area contributed by atoms with Gasteiger partial charge in [0.25, 0.3) is 0 Å². The predicted molar refractivity (Wildman–Crippen MR) is 84.8 cm³/mol. The van der Waals surface area contributed by atoms with Gasteiger partial charge >= 0.3 is 5.97 Å². The average molecular weight is 316 g/mol. The number of H-pyrrole nitrogens is 1. The molecule has 2 rings (SSSR count). The molecule has 110 valence electrons. The van der Waals surface area contributed by atoms with E-state index >= 15 is 0 Å². The van der Waals surface area contributed by atoms with Crippen LogP contribution in [0.3, 0.4) is 0 Å². The third-order valence-electron chi connectivity index (χ3n) is 3.06. The zero-order valence-electron chi connectivity index (χ0n) is 12.2. The molecule has 6 heteroatoms. The summed E-state index contributed by atoms with van der Waals surface area (Å²) in [6.07, 6.45) is 6.54. The van der Waals surface area contributed by atoms with Gasteiger partial charge in [-0.1, -0.05) is 11.6 Å². The van der Waals surface area contributed by atoms with E-state index in [1.165, 1.54) is 14.2 Å². The lowest BCUT2D eigenvalue weighted by Gasteiger charge is -2.23. The topological polar surface area (TPSA) is 51.3 Å². The number of halogens is 1. The fraction of sp³-hybridized carbons (Fsp3) is 0.357. The molecule has 1 aromatic heterocycles.